The fourth-order valence-corrected chi connectivity index (χ4v) is 3.35. The molecule has 1 aromatic heterocycles. The fraction of sp³-hybridized carbons (Fsp3) is 0.550. The van der Waals surface area contributed by atoms with Gasteiger partial charge in [0.2, 0.25) is 0 Å². The first kappa shape index (κ1) is 20.4. The summed E-state index contributed by atoms with van der Waals surface area (Å²) >= 11 is 0. The van der Waals surface area contributed by atoms with Gasteiger partial charge in [-0.1, -0.05) is 25.1 Å². The number of benzene rings is 1. The Bertz CT molecular complexity index is 795. The molecule has 1 aromatic carbocycles. The largest absolute Gasteiger partial charge is 0.394 e. The summed E-state index contributed by atoms with van der Waals surface area (Å²) in [5.41, 5.74) is 1.21. The molecular weight excluding hydrogens is 363 g/mol. The molecule has 1 amide bonds. The molecular formula is C20H27FN4O3. The van der Waals surface area contributed by atoms with Gasteiger partial charge >= 0.3 is 0 Å². The summed E-state index contributed by atoms with van der Waals surface area (Å²) in [6.07, 6.45) is 3.63. The van der Waals surface area contributed by atoms with Gasteiger partial charge in [0.15, 0.2) is 0 Å². The van der Waals surface area contributed by atoms with Crippen LogP contribution in [0, 0.1) is 5.82 Å². The zero-order chi connectivity index (χ0) is 20.1. The molecule has 0 bridgehead atoms. The van der Waals surface area contributed by atoms with E-state index >= 15 is 0 Å². The first-order valence-corrected chi connectivity index (χ1v) is 9.69. The van der Waals surface area contributed by atoms with Gasteiger partial charge in [0.25, 0.3) is 5.91 Å². The van der Waals surface area contributed by atoms with E-state index in [4.69, 9.17) is 4.74 Å². The van der Waals surface area contributed by atoms with E-state index in [1.54, 1.807) is 6.07 Å². The molecule has 1 aliphatic heterocycles. The predicted molar refractivity (Wildman–Crippen MR) is 101 cm³/mol. The van der Waals surface area contributed by atoms with E-state index in [9.17, 15) is 14.3 Å². The molecule has 8 heteroatoms. The minimum atomic E-state index is -0.488. The molecule has 1 fully saturated rings. The van der Waals surface area contributed by atoms with Gasteiger partial charge in [0.1, 0.15) is 11.9 Å². The molecule has 2 N–H and O–H groups in total. The van der Waals surface area contributed by atoms with Crippen LogP contribution in [0.3, 0.4) is 0 Å². The van der Waals surface area contributed by atoms with E-state index in [1.807, 2.05) is 10.9 Å². The molecule has 0 spiro atoms. The second-order valence-electron chi connectivity index (χ2n) is 7.50. The van der Waals surface area contributed by atoms with Crippen LogP contribution in [0.2, 0.25) is 0 Å². The third-order valence-electron chi connectivity index (χ3n) is 5.03. The molecule has 0 aliphatic carbocycles. The number of hydrogen-bond donors (Lipinski definition) is 2. The van der Waals surface area contributed by atoms with Crippen molar-refractivity contribution in [1.82, 2.24) is 20.3 Å². The Morgan fingerprint density at radius 2 is 2.25 bits per heavy atom. The summed E-state index contributed by atoms with van der Waals surface area (Å²) in [5.74, 6) is -0.491. The van der Waals surface area contributed by atoms with Crippen molar-refractivity contribution in [3.05, 3.63) is 47.5 Å². The zero-order valence-corrected chi connectivity index (χ0v) is 16.2. The van der Waals surface area contributed by atoms with Gasteiger partial charge in [-0.25, -0.2) is 4.39 Å². The summed E-state index contributed by atoms with van der Waals surface area (Å²) in [6.45, 7) is 4.64. The number of aliphatic hydroxyl groups excluding tert-OH is 1. The number of hydrogen-bond acceptors (Lipinski definition) is 5. The third-order valence-corrected chi connectivity index (χ3v) is 5.03. The van der Waals surface area contributed by atoms with Gasteiger partial charge in [-0.2, -0.15) is 0 Å². The van der Waals surface area contributed by atoms with Crippen LogP contribution in [0.1, 0.15) is 55.1 Å². The molecule has 0 unspecified atom stereocenters. The molecule has 3 rings (SSSR count). The molecule has 0 saturated carbocycles. The smallest absolute Gasteiger partial charge is 0.251 e. The molecule has 0 radical (unpaired) electrons. The summed E-state index contributed by atoms with van der Waals surface area (Å²) in [7, 11) is 0. The van der Waals surface area contributed by atoms with E-state index in [-0.39, 0.29) is 30.2 Å². The van der Waals surface area contributed by atoms with E-state index in [0.717, 1.165) is 18.5 Å². The Kier molecular flexibility index (Phi) is 6.74. The van der Waals surface area contributed by atoms with Gasteiger partial charge in [-0.15, -0.1) is 5.10 Å². The standard InChI is InChI=1S/C20H27FN4O3/c1-13(2)18-11-25(24-23-18)9-8-16-6-7-17(19(12-26)28-16)22-20(27)14-4-3-5-15(21)10-14/h3-5,10-11,13,16-17,19,26H,6-9,12H2,1-2H3,(H,22,27)/t16-,17-,19-/m1/s1. The number of aliphatic hydroxyl groups is 1. The van der Waals surface area contributed by atoms with Crippen LogP contribution in [-0.2, 0) is 11.3 Å². The molecule has 28 heavy (non-hydrogen) atoms. The van der Waals surface area contributed by atoms with E-state index in [2.05, 4.69) is 29.5 Å². The summed E-state index contributed by atoms with van der Waals surface area (Å²) in [5, 5.41) is 20.8. The number of aryl methyl sites for hydroxylation is 1. The van der Waals surface area contributed by atoms with Crippen molar-refractivity contribution in [2.75, 3.05) is 6.61 Å². The maximum absolute atomic E-state index is 13.3. The number of halogens is 1. The van der Waals surface area contributed by atoms with Crippen LogP contribution >= 0.6 is 0 Å². The average Bonchev–Trinajstić information content (AvgIpc) is 3.16. The molecule has 7 nitrogen and oxygen atoms in total. The van der Waals surface area contributed by atoms with Crippen molar-refractivity contribution >= 4 is 5.91 Å². The Balaban J connectivity index is 1.52. The lowest BCUT2D eigenvalue weighted by molar-refractivity contribution is -0.0912. The molecule has 2 heterocycles. The van der Waals surface area contributed by atoms with Crippen LogP contribution < -0.4 is 5.32 Å². The van der Waals surface area contributed by atoms with Crippen LogP contribution in [0.15, 0.2) is 30.5 Å². The Morgan fingerprint density at radius 1 is 1.43 bits per heavy atom. The number of amides is 1. The Hall–Kier alpha value is -2.32. The normalized spacial score (nSPS) is 22.4. The number of ether oxygens (including phenoxy) is 1. The predicted octanol–water partition coefficient (Wildman–Crippen LogP) is 2.27. The summed E-state index contributed by atoms with van der Waals surface area (Å²) in [6, 6.07) is 5.23. The van der Waals surface area contributed by atoms with Crippen LogP contribution in [0.25, 0.3) is 0 Å². The van der Waals surface area contributed by atoms with Crippen molar-refractivity contribution in [2.24, 2.45) is 0 Å². The lowest BCUT2D eigenvalue weighted by Crippen LogP contribution is -2.51. The first-order valence-electron chi connectivity index (χ1n) is 9.69. The highest BCUT2D eigenvalue weighted by Crippen LogP contribution is 2.23. The Labute approximate surface area is 163 Å². The average molecular weight is 390 g/mol. The van der Waals surface area contributed by atoms with Crippen LogP contribution in [-0.4, -0.2) is 50.9 Å². The van der Waals surface area contributed by atoms with Crippen molar-refractivity contribution in [3.8, 4) is 0 Å². The molecule has 2 aromatic rings. The number of carbonyl (C=O) groups excluding carboxylic acids is 1. The minimum absolute atomic E-state index is 0.0221. The summed E-state index contributed by atoms with van der Waals surface area (Å²) in [4.78, 5) is 12.3. The second-order valence-corrected chi connectivity index (χ2v) is 7.50. The van der Waals surface area contributed by atoms with Crippen LogP contribution in [0.4, 0.5) is 4.39 Å². The Morgan fingerprint density at radius 3 is 2.93 bits per heavy atom. The number of rotatable bonds is 7. The first-order chi connectivity index (χ1) is 13.5. The van der Waals surface area contributed by atoms with Gasteiger partial charge in [-0.05, 0) is 43.4 Å². The highest BCUT2D eigenvalue weighted by atomic mass is 19.1. The monoisotopic (exact) mass is 390 g/mol. The number of nitrogens with zero attached hydrogens (tertiary/aromatic N) is 3. The fourth-order valence-electron chi connectivity index (χ4n) is 3.35. The molecule has 1 aliphatic rings. The zero-order valence-electron chi connectivity index (χ0n) is 16.2. The lowest BCUT2D eigenvalue weighted by Gasteiger charge is -2.36. The van der Waals surface area contributed by atoms with Crippen molar-refractivity contribution < 1.29 is 19.0 Å². The van der Waals surface area contributed by atoms with Crippen molar-refractivity contribution in [1.29, 1.82) is 0 Å². The van der Waals surface area contributed by atoms with Gasteiger partial charge in [0, 0.05) is 18.3 Å². The topological polar surface area (TPSA) is 89.3 Å². The number of aromatic nitrogens is 3. The molecule has 152 valence electrons. The van der Waals surface area contributed by atoms with Gasteiger partial charge in [-0.3, -0.25) is 9.48 Å². The lowest BCUT2D eigenvalue weighted by atomic mass is 9.96. The quantitative estimate of drug-likeness (QED) is 0.757. The SMILES string of the molecule is CC(C)c1cn(CC[C@H]2CC[C@@H](NC(=O)c3cccc(F)c3)[C@@H](CO)O2)nn1. The van der Waals surface area contributed by atoms with Crippen LogP contribution in [0.5, 0.6) is 0 Å². The molecule has 3 atom stereocenters. The maximum atomic E-state index is 13.3. The highest BCUT2D eigenvalue weighted by Gasteiger charge is 2.32. The van der Waals surface area contributed by atoms with E-state index < -0.39 is 11.9 Å². The van der Waals surface area contributed by atoms with E-state index in [1.165, 1.54) is 18.2 Å². The van der Waals surface area contributed by atoms with E-state index in [0.29, 0.717) is 18.9 Å². The minimum Gasteiger partial charge on any atom is -0.394 e. The van der Waals surface area contributed by atoms with Gasteiger partial charge < -0.3 is 15.2 Å². The molecule has 1 saturated heterocycles. The van der Waals surface area contributed by atoms with Crippen molar-refractivity contribution in [2.45, 2.75) is 63.8 Å². The third kappa shape index (κ3) is 5.14. The highest BCUT2D eigenvalue weighted by molar-refractivity contribution is 5.94. The number of nitrogens with one attached hydrogen (secondary N) is 1. The van der Waals surface area contributed by atoms with Crippen molar-refractivity contribution in [3.63, 3.8) is 0 Å². The summed E-state index contributed by atoms with van der Waals surface area (Å²) < 4.78 is 21.1. The van der Waals surface area contributed by atoms with Gasteiger partial charge in [0.05, 0.1) is 24.4 Å². The maximum Gasteiger partial charge on any atom is 0.251 e. The number of carbonyl (C=O) groups is 1. The second kappa shape index (κ2) is 9.25.